The van der Waals surface area contributed by atoms with E-state index in [9.17, 15) is 18.0 Å². The summed E-state index contributed by atoms with van der Waals surface area (Å²) < 4.78 is 50.8. The fourth-order valence-corrected chi connectivity index (χ4v) is 4.23. The number of aliphatic carboxylic acids is 1. The molecular weight excluding hydrogens is 439 g/mol. The summed E-state index contributed by atoms with van der Waals surface area (Å²) in [6.07, 6.45) is -3.30. The van der Waals surface area contributed by atoms with Gasteiger partial charge in [0.25, 0.3) is 0 Å². The molecule has 1 N–H and O–H groups in total. The van der Waals surface area contributed by atoms with Gasteiger partial charge in [-0.15, -0.1) is 0 Å². The molecule has 0 fully saturated rings. The minimum Gasteiger partial charge on any atom is -0.488 e. The highest BCUT2D eigenvalue weighted by Crippen LogP contribution is 2.40. The van der Waals surface area contributed by atoms with E-state index in [2.05, 4.69) is 4.37 Å². The van der Waals surface area contributed by atoms with Gasteiger partial charge >= 0.3 is 12.1 Å². The van der Waals surface area contributed by atoms with E-state index in [4.69, 9.17) is 9.84 Å². The normalized spacial score (nSPS) is 11.6. The first-order valence-electron chi connectivity index (χ1n) is 10.2. The molecule has 0 amide bonds. The molecule has 0 spiro atoms. The zero-order valence-electron chi connectivity index (χ0n) is 18.0. The summed E-state index contributed by atoms with van der Waals surface area (Å²) in [5, 5.41) is 8.90. The smallest absolute Gasteiger partial charge is 0.427 e. The van der Waals surface area contributed by atoms with Crippen LogP contribution in [0.1, 0.15) is 46.0 Å². The van der Waals surface area contributed by atoms with Crippen molar-refractivity contribution in [3.63, 3.8) is 0 Å². The summed E-state index contributed by atoms with van der Waals surface area (Å²) in [4.78, 5) is 10.1. The van der Waals surface area contributed by atoms with Gasteiger partial charge in [0.05, 0.1) is 5.69 Å². The minimum absolute atomic E-state index is 0.0101. The number of nitrogens with zero attached hydrogens (tertiary/aromatic N) is 1. The molecule has 0 unspecified atom stereocenters. The van der Waals surface area contributed by atoms with Crippen molar-refractivity contribution in [3.05, 3.63) is 69.1 Å². The highest BCUT2D eigenvalue weighted by atomic mass is 32.1. The fraction of sp³-hybridized carbons (Fsp3) is 0.333. The van der Waals surface area contributed by atoms with Crippen LogP contribution < -0.4 is 4.74 Å². The van der Waals surface area contributed by atoms with E-state index in [0.29, 0.717) is 29.3 Å². The SMILES string of the molecule is CCc1ccc(-c2nsc(C(F)(F)F)c2COc2ccc(CCC(=O)O)c(C)c2C)cc1. The molecule has 0 radical (unpaired) electrons. The fourth-order valence-electron chi connectivity index (χ4n) is 3.46. The van der Waals surface area contributed by atoms with Crippen molar-refractivity contribution in [2.24, 2.45) is 0 Å². The van der Waals surface area contributed by atoms with Gasteiger partial charge in [-0.25, -0.2) is 0 Å². The highest BCUT2D eigenvalue weighted by molar-refractivity contribution is 7.06. The molecule has 170 valence electrons. The molecule has 0 saturated heterocycles. The number of hydrogen-bond acceptors (Lipinski definition) is 4. The molecule has 0 bridgehead atoms. The van der Waals surface area contributed by atoms with Gasteiger partial charge in [0.15, 0.2) is 0 Å². The van der Waals surface area contributed by atoms with Crippen LogP contribution in [-0.4, -0.2) is 15.4 Å². The molecule has 32 heavy (non-hydrogen) atoms. The zero-order valence-corrected chi connectivity index (χ0v) is 18.9. The molecule has 4 nitrogen and oxygen atoms in total. The first kappa shape index (κ1) is 23.8. The lowest BCUT2D eigenvalue weighted by molar-refractivity contribution is -0.137. The van der Waals surface area contributed by atoms with Crippen molar-refractivity contribution in [3.8, 4) is 17.0 Å². The van der Waals surface area contributed by atoms with Crippen molar-refractivity contribution in [2.75, 3.05) is 0 Å². The maximum absolute atomic E-state index is 13.6. The van der Waals surface area contributed by atoms with Crippen molar-refractivity contribution in [1.29, 1.82) is 0 Å². The predicted molar refractivity (Wildman–Crippen MR) is 118 cm³/mol. The quantitative estimate of drug-likeness (QED) is 0.409. The lowest BCUT2D eigenvalue weighted by Crippen LogP contribution is -2.09. The Balaban J connectivity index is 1.90. The predicted octanol–water partition coefficient (Wildman–Crippen LogP) is 6.60. The molecule has 0 aliphatic heterocycles. The van der Waals surface area contributed by atoms with Gasteiger partial charge in [-0.05, 0) is 66.5 Å². The van der Waals surface area contributed by atoms with Crippen LogP contribution in [-0.2, 0) is 30.4 Å². The zero-order chi connectivity index (χ0) is 23.5. The van der Waals surface area contributed by atoms with Gasteiger partial charge in [-0.1, -0.05) is 37.3 Å². The highest BCUT2D eigenvalue weighted by Gasteiger charge is 2.38. The number of ether oxygens (including phenoxy) is 1. The second-order valence-electron chi connectivity index (χ2n) is 7.54. The number of halogens is 3. The van der Waals surface area contributed by atoms with Crippen LogP contribution in [0.25, 0.3) is 11.3 Å². The summed E-state index contributed by atoms with van der Waals surface area (Å²) in [5.74, 6) is -0.417. The van der Waals surface area contributed by atoms with Crippen LogP contribution in [0.4, 0.5) is 13.2 Å². The van der Waals surface area contributed by atoms with E-state index in [1.165, 1.54) is 0 Å². The third-order valence-electron chi connectivity index (χ3n) is 5.51. The van der Waals surface area contributed by atoms with Gasteiger partial charge in [0.2, 0.25) is 0 Å². The van der Waals surface area contributed by atoms with Gasteiger partial charge in [-0.3, -0.25) is 4.79 Å². The first-order chi connectivity index (χ1) is 15.1. The molecular formula is C24H24F3NO3S. The first-order valence-corrected chi connectivity index (χ1v) is 11.0. The average Bonchev–Trinajstić information content (AvgIpc) is 3.18. The number of benzene rings is 2. The van der Waals surface area contributed by atoms with Crippen LogP contribution in [0.15, 0.2) is 36.4 Å². The molecule has 3 rings (SSSR count). The number of carboxylic acids is 1. The maximum Gasteiger partial charge on any atom is 0.427 e. The Bertz CT molecular complexity index is 1100. The summed E-state index contributed by atoms with van der Waals surface area (Å²) in [7, 11) is 0. The van der Waals surface area contributed by atoms with Crippen molar-refractivity contribution < 1.29 is 27.8 Å². The van der Waals surface area contributed by atoms with E-state index in [1.54, 1.807) is 24.3 Å². The van der Waals surface area contributed by atoms with Gasteiger partial charge in [0.1, 0.15) is 17.2 Å². The van der Waals surface area contributed by atoms with E-state index in [1.807, 2.05) is 32.9 Å². The van der Waals surface area contributed by atoms with Gasteiger partial charge < -0.3 is 9.84 Å². The van der Waals surface area contributed by atoms with Crippen LogP contribution in [0.3, 0.4) is 0 Å². The number of aryl methyl sites for hydroxylation is 2. The Morgan fingerprint density at radius 2 is 1.78 bits per heavy atom. The third-order valence-corrected chi connectivity index (χ3v) is 6.45. The number of rotatable bonds is 8. The maximum atomic E-state index is 13.6. The number of carbonyl (C=O) groups is 1. The van der Waals surface area contributed by atoms with Gasteiger partial charge in [-0.2, -0.15) is 17.5 Å². The van der Waals surface area contributed by atoms with Gasteiger partial charge in [0, 0.05) is 17.5 Å². The molecule has 0 saturated carbocycles. The monoisotopic (exact) mass is 463 g/mol. The molecule has 0 atom stereocenters. The number of carboxylic acid groups (broad SMARTS) is 1. The second-order valence-corrected chi connectivity index (χ2v) is 8.32. The van der Waals surface area contributed by atoms with Crippen LogP contribution >= 0.6 is 11.5 Å². The lowest BCUT2D eigenvalue weighted by atomic mass is 9.99. The van der Waals surface area contributed by atoms with Crippen molar-refractivity contribution >= 4 is 17.5 Å². The molecule has 2 aromatic carbocycles. The van der Waals surface area contributed by atoms with E-state index < -0.39 is 17.0 Å². The summed E-state index contributed by atoms with van der Waals surface area (Å²) >= 11 is 0.432. The van der Waals surface area contributed by atoms with E-state index in [-0.39, 0.29) is 24.3 Å². The second kappa shape index (κ2) is 9.73. The molecule has 1 heterocycles. The Morgan fingerprint density at radius 3 is 2.38 bits per heavy atom. The lowest BCUT2D eigenvalue weighted by Gasteiger charge is -2.15. The molecule has 0 aliphatic rings. The van der Waals surface area contributed by atoms with E-state index in [0.717, 1.165) is 28.7 Å². The van der Waals surface area contributed by atoms with Crippen molar-refractivity contribution in [2.45, 2.75) is 52.8 Å². The summed E-state index contributed by atoms with van der Waals surface area (Å²) in [5.41, 5.74) is 4.52. The molecule has 3 aromatic rings. The Kier molecular flexibility index (Phi) is 7.23. The number of alkyl halides is 3. The van der Waals surface area contributed by atoms with E-state index >= 15 is 0 Å². The Hall–Kier alpha value is -2.87. The average molecular weight is 464 g/mol. The standard InChI is InChI=1S/C24H24F3NO3S/c1-4-16-5-7-18(8-6-16)22-19(23(32-28-22)24(25,26)27)13-31-20-11-9-17(10-12-21(29)30)14(2)15(20)3/h5-9,11H,4,10,12-13H2,1-3H3,(H,29,30). The molecule has 8 heteroatoms. The van der Waals surface area contributed by atoms with Crippen LogP contribution in [0, 0.1) is 13.8 Å². The van der Waals surface area contributed by atoms with Crippen LogP contribution in [0.2, 0.25) is 0 Å². The topological polar surface area (TPSA) is 59.4 Å². The number of hydrogen-bond donors (Lipinski definition) is 1. The largest absolute Gasteiger partial charge is 0.488 e. The minimum atomic E-state index is -4.52. The van der Waals surface area contributed by atoms with Crippen molar-refractivity contribution in [1.82, 2.24) is 4.37 Å². The summed E-state index contributed by atoms with van der Waals surface area (Å²) in [6, 6.07) is 10.8. The third kappa shape index (κ3) is 5.30. The number of aromatic nitrogens is 1. The molecule has 0 aliphatic carbocycles. The summed E-state index contributed by atoms with van der Waals surface area (Å²) in [6.45, 7) is 5.41. The Morgan fingerprint density at radius 1 is 1.09 bits per heavy atom. The molecule has 1 aromatic heterocycles. The Labute approximate surface area is 188 Å². The van der Waals surface area contributed by atoms with Crippen LogP contribution in [0.5, 0.6) is 5.75 Å².